The molecule has 0 saturated heterocycles. The molecule has 0 aliphatic carbocycles. The molecule has 6 heteroatoms. The third-order valence-electron chi connectivity index (χ3n) is 2.61. The molecule has 0 radical (unpaired) electrons. The van der Waals surface area contributed by atoms with Gasteiger partial charge in [0.1, 0.15) is 5.82 Å². The highest BCUT2D eigenvalue weighted by atomic mass is 19.4. The van der Waals surface area contributed by atoms with E-state index in [-0.39, 0.29) is 11.3 Å². The Morgan fingerprint density at radius 1 is 1.22 bits per heavy atom. The maximum absolute atomic E-state index is 13.0. The summed E-state index contributed by atoms with van der Waals surface area (Å²) in [4.78, 5) is 6.98. The van der Waals surface area contributed by atoms with Gasteiger partial charge < -0.3 is 10.7 Å². The molecule has 0 bridgehead atoms. The molecule has 0 aliphatic rings. The smallest absolute Gasteiger partial charge is 0.399 e. The van der Waals surface area contributed by atoms with Crippen LogP contribution in [0.2, 0.25) is 0 Å². The van der Waals surface area contributed by atoms with Crippen molar-refractivity contribution in [1.82, 2.24) is 9.97 Å². The number of halogens is 3. The molecule has 0 fully saturated rings. The molecule has 2 rings (SSSR count). The molecule has 1 aromatic heterocycles. The second kappa shape index (κ2) is 4.04. The predicted molar refractivity (Wildman–Crippen MR) is 62.9 cm³/mol. The number of nitrogens with zero attached hydrogens (tertiary/aromatic N) is 1. The van der Waals surface area contributed by atoms with E-state index in [0.717, 1.165) is 6.07 Å². The van der Waals surface area contributed by atoms with E-state index in [2.05, 4.69) is 9.97 Å². The number of aromatic amines is 1. The number of imidazole rings is 1. The molecule has 18 heavy (non-hydrogen) atoms. The van der Waals surface area contributed by atoms with Crippen molar-refractivity contribution in [2.45, 2.75) is 20.0 Å². The molecule has 1 aromatic carbocycles. The van der Waals surface area contributed by atoms with Gasteiger partial charge in [-0.2, -0.15) is 13.2 Å². The van der Waals surface area contributed by atoms with Crippen molar-refractivity contribution in [3.63, 3.8) is 0 Å². The Balaban J connectivity index is 2.68. The normalized spacial score (nSPS) is 11.8. The largest absolute Gasteiger partial charge is 0.417 e. The minimum atomic E-state index is -4.45. The lowest BCUT2D eigenvalue weighted by molar-refractivity contribution is -0.137. The van der Waals surface area contributed by atoms with E-state index in [1.54, 1.807) is 13.8 Å². The summed E-state index contributed by atoms with van der Waals surface area (Å²) >= 11 is 0. The zero-order valence-corrected chi connectivity index (χ0v) is 9.89. The molecule has 0 atom stereocenters. The van der Waals surface area contributed by atoms with Crippen LogP contribution in [0, 0.1) is 13.8 Å². The fourth-order valence-corrected chi connectivity index (χ4v) is 1.88. The van der Waals surface area contributed by atoms with Gasteiger partial charge >= 0.3 is 6.18 Å². The average molecular weight is 255 g/mol. The van der Waals surface area contributed by atoms with E-state index in [0.29, 0.717) is 17.2 Å². The van der Waals surface area contributed by atoms with E-state index in [9.17, 15) is 13.2 Å². The highest BCUT2D eigenvalue weighted by Gasteiger charge is 2.34. The van der Waals surface area contributed by atoms with E-state index in [1.807, 2.05) is 0 Å². The first kappa shape index (κ1) is 12.5. The first-order valence-electron chi connectivity index (χ1n) is 5.29. The number of aryl methyl sites for hydroxylation is 2. The minimum Gasteiger partial charge on any atom is -0.399 e. The van der Waals surface area contributed by atoms with Gasteiger partial charge in [0.25, 0.3) is 0 Å². The molecule has 2 aromatic rings. The summed E-state index contributed by atoms with van der Waals surface area (Å²) < 4.78 is 38.9. The molecule has 96 valence electrons. The highest BCUT2D eigenvalue weighted by Crippen LogP contribution is 2.38. The number of alkyl halides is 3. The minimum absolute atomic E-state index is 0.0403. The second-order valence-electron chi connectivity index (χ2n) is 4.10. The number of hydrogen-bond acceptors (Lipinski definition) is 2. The summed E-state index contributed by atoms with van der Waals surface area (Å²) in [6, 6.07) is 3.72. The van der Waals surface area contributed by atoms with Crippen LogP contribution in [0.4, 0.5) is 18.9 Å². The lowest BCUT2D eigenvalue weighted by atomic mass is 10.0. The standard InChI is InChI=1S/C12H12F3N3/c1-6-11(18-7(2)17-6)9-4-3-8(16)5-10(9)12(13,14)15/h3-5H,16H2,1-2H3,(H,17,18). The fourth-order valence-electron chi connectivity index (χ4n) is 1.88. The number of nitrogens with one attached hydrogen (secondary N) is 1. The Morgan fingerprint density at radius 2 is 1.89 bits per heavy atom. The van der Waals surface area contributed by atoms with Crippen LogP contribution in [0.15, 0.2) is 18.2 Å². The first-order chi connectivity index (χ1) is 8.29. The summed E-state index contributed by atoms with van der Waals surface area (Å²) in [5.41, 5.74) is 5.68. The molecular weight excluding hydrogens is 243 g/mol. The molecular formula is C12H12F3N3. The monoisotopic (exact) mass is 255 g/mol. The van der Waals surface area contributed by atoms with Crippen LogP contribution in [0.5, 0.6) is 0 Å². The number of nitrogen functional groups attached to an aromatic ring is 1. The molecule has 0 amide bonds. The maximum atomic E-state index is 13.0. The second-order valence-corrected chi connectivity index (χ2v) is 4.10. The molecule has 3 nitrogen and oxygen atoms in total. The van der Waals surface area contributed by atoms with Gasteiger partial charge in [0.05, 0.1) is 11.3 Å². The zero-order chi connectivity index (χ0) is 13.5. The molecule has 0 saturated carbocycles. The SMILES string of the molecule is Cc1nc(-c2ccc(N)cc2C(F)(F)F)c(C)[nH]1. The van der Waals surface area contributed by atoms with Crippen LogP contribution < -0.4 is 5.73 Å². The van der Waals surface area contributed by atoms with Crippen molar-refractivity contribution in [3.8, 4) is 11.3 Å². The number of anilines is 1. The van der Waals surface area contributed by atoms with Crippen molar-refractivity contribution >= 4 is 5.69 Å². The topological polar surface area (TPSA) is 54.7 Å². The molecule has 0 unspecified atom stereocenters. The lowest BCUT2D eigenvalue weighted by Gasteiger charge is -2.12. The zero-order valence-electron chi connectivity index (χ0n) is 9.89. The lowest BCUT2D eigenvalue weighted by Crippen LogP contribution is -2.08. The predicted octanol–water partition coefficient (Wildman–Crippen LogP) is 3.29. The van der Waals surface area contributed by atoms with Crippen LogP contribution in [0.25, 0.3) is 11.3 Å². The summed E-state index contributed by atoms with van der Waals surface area (Å²) in [6.45, 7) is 3.38. The van der Waals surface area contributed by atoms with Gasteiger partial charge in [-0.3, -0.25) is 0 Å². The number of aromatic nitrogens is 2. The number of hydrogen-bond donors (Lipinski definition) is 2. The van der Waals surface area contributed by atoms with Crippen molar-refractivity contribution < 1.29 is 13.2 Å². The van der Waals surface area contributed by atoms with Gasteiger partial charge in [-0.25, -0.2) is 4.98 Å². The first-order valence-corrected chi connectivity index (χ1v) is 5.29. The van der Waals surface area contributed by atoms with E-state index >= 15 is 0 Å². The molecule has 0 aliphatic heterocycles. The third kappa shape index (κ3) is 2.18. The van der Waals surface area contributed by atoms with Crippen LogP contribution >= 0.6 is 0 Å². The third-order valence-corrected chi connectivity index (χ3v) is 2.61. The Bertz CT molecular complexity index is 585. The van der Waals surface area contributed by atoms with E-state index in [1.165, 1.54) is 12.1 Å². The Morgan fingerprint density at radius 3 is 2.39 bits per heavy atom. The number of rotatable bonds is 1. The van der Waals surface area contributed by atoms with Crippen molar-refractivity contribution in [2.75, 3.05) is 5.73 Å². The van der Waals surface area contributed by atoms with Crippen molar-refractivity contribution in [3.05, 3.63) is 35.3 Å². The Kier molecular flexibility index (Phi) is 2.80. The van der Waals surface area contributed by atoms with E-state index < -0.39 is 11.7 Å². The molecule has 0 spiro atoms. The summed E-state index contributed by atoms with van der Waals surface area (Å²) in [5.74, 6) is 0.576. The number of nitrogens with two attached hydrogens (primary N) is 1. The summed E-state index contributed by atoms with van der Waals surface area (Å²) in [7, 11) is 0. The van der Waals surface area contributed by atoms with Gasteiger partial charge in [-0.15, -0.1) is 0 Å². The Labute approximate surface area is 102 Å². The highest BCUT2D eigenvalue weighted by molar-refractivity contribution is 5.69. The van der Waals surface area contributed by atoms with Gasteiger partial charge in [-0.1, -0.05) is 6.07 Å². The quantitative estimate of drug-likeness (QED) is 0.768. The molecule has 1 heterocycles. The molecule has 3 N–H and O–H groups in total. The summed E-state index contributed by atoms with van der Waals surface area (Å²) in [6.07, 6.45) is -4.45. The van der Waals surface area contributed by atoms with Gasteiger partial charge in [0.15, 0.2) is 0 Å². The van der Waals surface area contributed by atoms with Crippen LogP contribution in [0.3, 0.4) is 0 Å². The van der Waals surface area contributed by atoms with Gasteiger partial charge in [-0.05, 0) is 26.0 Å². The average Bonchev–Trinajstić information content (AvgIpc) is 2.56. The summed E-state index contributed by atoms with van der Waals surface area (Å²) in [5, 5.41) is 0. The Hall–Kier alpha value is -1.98. The number of H-pyrrole nitrogens is 1. The van der Waals surface area contributed by atoms with Crippen LogP contribution in [-0.4, -0.2) is 9.97 Å². The van der Waals surface area contributed by atoms with Gasteiger partial charge in [0, 0.05) is 16.9 Å². The van der Waals surface area contributed by atoms with Crippen LogP contribution in [-0.2, 0) is 6.18 Å². The van der Waals surface area contributed by atoms with Gasteiger partial charge in [0.2, 0.25) is 0 Å². The van der Waals surface area contributed by atoms with Crippen molar-refractivity contribution in [2.24, 2.45) is 0 Å². The maximum Gasteiger partial charge on any atom is 0.417 e. The fraction of sp³-hybridized carbons (Fsp3) is 0.250. The number of benzene rings is 1. The van der Waals surface area contributed by atoms with E-state index in [4.69, 9.17) is 5.73 Å². The van der Waals surface area contributed by atoms with Crippen molar-refractivity contribution in [1.29, 1.82) is 0 Å². The van der Waals surface area contributed by atoms with Crippen LogP contribution in [0.1, 0.15) is 17.1 Å².